The molecular formula is C16H23N7O2S. The van der Waals surface area contributed by atoms with Gasteiger partial charge in [0.15, 0.2) is 0 Å². The third-order valence-electron chi connectivity index (χ3n) is 5.15. The minimum atomic E-state index is -3.46. The Kier molecular flexibility index (Phi) is 4.41. The van der Waals surface area contributed by atoms with Crippen molar-refractivity contribution in [2.75, 3.05) is 44.2 Å². The van der Waals surface area contributed by atoms with Crippen molar-refractivity contribution in [3.05, 3.63) is 29.8 Å². The number of anilines is 1. The topological polar surface area (TPSA) is 98.3 Å². The molecule has 2 aromatic heterocycles. The summed E-state index contributed by atoms with van der Waals surface area (Å²) in [6.07, 6.45) is 3.51. The number of rotatable bonds is 4. The van der Waals surface area contributed by atoms with Crippen molar-refractivity contribution in [2.45, 2.75) is 24.8 Å². The van der Waals surface area contributed by atoms with Crippen LogP contribution in [0.2, 0.25) is 0 Å². The van der Waals surface area contributed by atoms with Gasteiger partial charge in [0.05, 0.1) is 11.4 Å². The van der Waals surface area contributed by atoms with Gasteiger partial charge in [-0.3, -0.25) is 10.00 Å². The molecule has 0 bridgehead atoms. The van der Waals surface area contributed by atoms with Crippen LogP contribution >= 0.6 is 0 Å². The molecule has 140 valence electrons. The van der Waals surface area contributed by atoms with Crippen LogP contribution in [-0.2, 0) is 10.0 Å². The molecule has 0 atom stereocenters. The Labute approximate surface area is 153 Å². The molecule has 9 nitrogen and oxygen atoms in total. The number of nitrogens with zero attached hydrogens (tertiary/aromatic N) is 6. The standard InChI is InChI=1S/C16H23N7O2S/c1-12-15(13(2)20-19-12)26(24,25)23-10-14(11-23)21-6-8-22(9-7-21)16-17-4-3-5-18-16/h3-5,14H,6-11H2,1-2H3,(H,19,20). The van der Waals surface area contributed by atoms with E-state index in [1.165, 1.54) is 0 Å². The van der Waals surface area contributed by atoms with Crippen molar-refractivity contribution in [2.24, 2.45) is 0 Å². The van der Waals surface area contributed by atoms with E-state index in [1.54, 1.807) is 30.5 Å². The average molecular weight is 377 g/mol. The van der Waals surface area contributed by atoms with Gasteiger partial charge in [0.25, 0.3) is 0 Å². The van der Waals surface area contributed by atoms with E-state index in [9.17, 15) is 8.42 Å². The lowest BCUT2D eigenvalue weighted by Gasteiger charge is -2.47. The van der Waals surface area contributed by atoms with Crippen LogP contribution in [0.5, 0.6) is 0 Å². The van der Waals surface area contributed by atoms with E-state index >= 15 is 0 Å². The zero-order valence-electron chi connectivity index (χ0n) is 15.0. The lowest BCUT2D eigenvalue weighted by Crippen LogP contribution is -2.64. The van der Waals surface area contributed by atoms with Gasteiger partial charge >= 0.3 is 0 Å². The van der Waals surface area contributed by atoms with Crippen LogP contribution < -0.4 is 4.90 Å². The van der Waals surface area contributed by atoms with E-state index in [0.29, 0.717) is 29.4 Å². The molecule has 2 aromatic rings. The molecule has 0 saturated carbocycles. The van der Waals surface area contributed by atoms with Gasteiger partial charge in [0.2, 0.25) is 16.0 Å². The molecule has 1 N–H and O–H groups in total. The van der Waals surface area contributed by atoms with Crippen molar-refractivity contribution in [1.82, 2.24) is 29.4 Å². The number of hydrogen-bond acceptors (Lipinski definition) is 7. The van der Waals surface area contributed by atoms with Crippen LogP contribution in [-0.4, -0.2) is 83.1 Å². The molecule has 2 fully saturated rings. The summed E-state index contributed by atoms with van der Waals surface area (Å²) in [6, 6.07) is 2.09. The van der Waals surface area contributed by atoms with Crippen molar-refractivity contribution < 1.29 is 8.42 Å². The summed E-state index contributed by atoms with van der Waals surface area (Å²) in [5.41, 5.74) is 1.13. The summed E-state index contributed by atoms with van der Waals surface area (Å²) in [5.74, 6) is 0.760. The number of aromatic amines is 1. The molecule has 2 saturated heterocycles. The van der Waals surface area contributed by atoms with E-state index < -0.39 is 10.0 Å². The molecule has 0 radical (unpaired) electrons. The smallest absolute Gasteiger partial charge is 0.246 e. The molecule has 26 heavy (non-hydrogen) atoms. The first-order valence-corrected chi connectivity index (χ1v) is 10.2. The van der Waals surface area contributed by atoms with Crippen LogP contribution in [0.25, 0.3) is 0 Å². The minimum Gasteiger partial charge on any atom is -0.338 e. The number of nitrogens with one attached hydrogen (secondary N) is 1. The highest BCUT2D eigenvalue weighted by Crippen LogP contribution is 2.28. The van der Waals surface area contributed by atoms with Crippen LogP contribution in [0, 0.1) is 13.8 Å². The summed E-state index contributed by atoms with van der Waals surface area (Å²) in [7, 11) is -3.46. The number of hydrogen-bond donors (Lipinski definition) is 1. The third kappa shape index (κ3) is 2.97. The maximum Gasteiger partial charge on any atom is 0.246 e. The maximum atomic E-state index is 12.8. The molecule has 2 aliphatic heterocycles. The molecular weight excluding hydrogens is 354 g/mol. The summed E-state index contributed by atoms with van der Waals surface area (Å²) in [4.78, 5) is 13.4. The van der Waals surface area contributed by atoms with Gasteiger partial charge in [0.1, 0.15) is 4.90 Å². The minimum absolute atomic E-state index is 0.274. The quantitative estimate of drug-likeness (QED) is 0.801. The fourth-order valence-electron chi connectivity index (χ4n) is 3.64. The SMILES string of the molecule is Cc1n[nH]c(C)c1S(=O)(=O)N1CC(N2CCN(c3ncccn3)CC2)C1. The predicted octanol–water partition coefficient (Wildman–Crippen LogP) is 0.0116. The Morgan fingerprint density at radius 1 is 1.08 bits per heavy atom. The lowest BCUT2D eigenvalue weighted by molar-refractivity contribution is 0.0825. The molecule has 4 heterocycles. The fraction of sp³-hybridized carbons (Fsp3) is 0.562. The molecule has 0 aliphatic carbocycles. The first-order valence-electron chi connectivity index (χ1n) is 8.74. The van der Waals surface area contributed by atoms with E-state index in [1.807, 2.05) is 6.07 Å². The van der Waals surface area contributed by atoms with Crippen molar-refractivity contribution in [1.29, 1.82) is 0 Å². The number of aromatic nitrogens is 4. The van der Waals surface area contributed by atoms with E-state index in [2.05, 4.69) is 30.0 Å². The Morgan fingerprint density at radius 3 is 2.31 bits per heavy atom. The first kappa shape index (κ1) is 17.4. The Morgan fingerprint density at radius 2 is 1.73 bits per heavy atom. The van der Waals surface area contributed by atoms with E-state index in [0.717, 1.165) is 32.1 Å². The molecule has 2 aliphatic rings. The zero-order chi connectivity index (χ0) is 18.3. The third-order valence-corrected chi connectivity index (χ3v) is 7.25. The van der Waals surface area contributed by atoms with Crippen molar-refractivity contribution in [3.63, 3.8) is 0 Å². The Bertz CT molecular complexity index is 850. The predicted molar refractivity (Wildman–Crippen MR) is 96.4 cm³/mol. The second-order valence-electron chi connectivity index (χ2n) is 6.81. The first-order chi connectivity index (χ1) is 12.5. The van der Waals surface area contributed by atoms with Crippen molar-refractivity contribution in [3.8, 4) is 0 Å². The number of piperazine rings is 1. The zero-order valence-corrected chi connectivity index (χ0v) is 15.8. The Balaban J connectivity index is 1.35. The van der Waals surface area contributed by atoms with Gasteiger partial charge in [-0.1, -0.05) is 0 Å². The highest BCUT2D eigenvalue weighted by molar-refractivity contribution is 7.89. The number of sulfonamides is 1. The molecule has 4 rings (SSSR count). The summed E-state index contributed by atoms with van der Waals surface area (Å²) in [5, 5.41) is 6.77. The molecule has 0 unspecified atom stereocenters. The molecule has 10 heteroatoms. The van der Waals surface area contributed by atoms with Gasteiger partial charge in [-0.15, -0.1) is 0 Å². The van der Waals surface area contributed by atoms with Crippen LogP contribution in [0.1, 0.15) is 11.4 Å². The monoisotopic (exact) mass is 377 g/mol. The summed E-state index contributed by atoms with van der Waals surface area (Å²) >= 11 is 0. The summed E-state index contributed by atoms with van der Waals surface area (Å²) < 4.78 is 27.2. The average Bonchev–Trinajstić information content (AvgIpc) is 2.94. The molecule has 0 amide bonds. The van der Waals surface area contributed by atoms with Crippen LogP contribution in [0.4, 0.5) is 5.95 Å². The highest BCUT2D eigenvalue weighted by Gasteiger charge is 2.42. The lowest BCUT2D eigenvalue weighted by atomic mass is 10.1. The molecule has 0 aromatic carbocycles. The number of H-pyrrole nitrogens is 1. The van der Waals surface area contributed by atoms with Gasteiger partial charge < -0.3 is 4.90 Å². The van der Waals surface area contributed by atoms with Crippen LogP contribution in [0.3, 0.4) is 0 Å². The van der Waals surface area contributed by atoms with Gasteiger partial charge in [-0.05, 0) is 19.9 Å². The normalized spacial score (nSPS) is 20.3. The van der Waals surface area contributed by atoms with Crippen LogP contribution in [0.15, 0.2) is 23.4 Å². The van der Waals surface area contributed by atoms with Crippen molar-refractivity contribution >= 4 is 16.0 Å². The number of aryl methyl sites for hydroxylation is 2. The molecule has 0 spiro atoms. The van der Waals surface area contributed by atoms with E-state index in [4.69, 9.17) is 0 Å². The van der Waals surface area contributed by atoms with Gasteiger partial charge in [0, 0.05) is 57.7 Å². The summed E-state index contributed by atoms with van der Waals surface area (Å²) in [6.45, 7) is 8.03. The second-order valence-corrected chi connectivity index (χ2v) is 8.69. The largest absolute Gasteiger partial charge is 0.338 e. The van der Waals surface area contributed by atoms with Gasteiger partial charge in [-0.2, -0.15) is 9.40 Å². The second kappa shape index (κ2) is 6.60. The maximum absolute atomic E-state index is 12.8. The Hall–Kier alpha value is -2.04. The van der Waals surface area contributed by atoms with E-state index in [-0.39, 0.29) is 6.04 Å². The fourth-order valence-corrected chi connectivity index (χ4v) is 5.48. The van der Waals surface area contributed by atoms with Gasteiger partial charge in [-0.25, -0.2) is 18.4 Å². The highest BCUT2D eigenvalue weighted by atomic mass is 32.2.